The number of hydrogen-bond donors (Lipinski definition) is 1. The van der Waals surface area contributed by atoms with Crippen LogP contribution in [0, 0.1) is 6.92 Å². The molecule has 0 saturated carbocycles. The Balaban J connectivity index is 1.56. The number of thioether (sulfide) groups is 1. The van der Waals surface area contributed by atoms with Crippen LogP contribution in [0.3, 0.4) is 0 Å². The fraction of sp³-hybridized carbons (Fsp3) is 0.138. The van der Waals surface area contributed by atoms with Gasteiger partial charge in [-0.3, -0.25) is 4.79 Å². The van der Waals surface area contributed by atoms with E-state index in [0.29, 0.717) is 11.3 Å². The van der Waals surface area contributed by atoms with Gasteiger partial charge in [-0.2, -0.15) is 0 Å². The van der Waals surface area contributed by atoms with E-state index in [1.165, 1.54) is 10.5 Å². The highest BCUT2D eigenvalue weighted by molar-refractivity contribution is 7.98. The molecule has 0 bridgehead atoms. The van der Waals surface area contributed by atoms with Crippen LogP contribution in [0.2, 0.25) is 0 Å². The van der Waals surface area contributed by atoms with Crippen molar-refractivity contribution in [3.63, 3.8) is 0 Å². The number of amides is 1. The van der Waals surface area contributed by atoms with E-state index in [2.05, 4.69) is 36.5 Å². The van der Waals surface area contributed by atoms with E-state index in [0.717, 1.165) is 22.4 Å². The number of benzene rings is 4. The van der Waals surface area contributed by atoms with Gasteiger partial charge in [0.15, 0.2) is 0 Å². The maximum absolute atomic E-state index is 13.3. The van der Waals surface area contributed by atoms with Crippen molar-refractivity contribution in [1.29, 1.82) is 0 Å². The SMILES string of the molecule is COc1ccc(C(=O)NC(c2ccccc2)c2ccccc2)cc1CSc1ccc(C)cc1. The lowest BCUT2D eigenvalue weighted by atomic mass is 9.98. The van der Waals surface area contributed by atoms with Crippen LogP contribution in [-0.2, 0) is 5.75 Å². The molecule has 0 saturated heterocycles. The molecule has 33 heavy (non-hydrogen) atoms. The molecule has 0 fully saturated rings. The van der Waals surface area contributed by atoms with Gasteiger partial charge in [-0.25, -0.2) is 0 Å². The van der Waals surface area contributed by atoms with Crippen molar-refractivity contribution < 1.29 is 9.53 Å². The van der Waals surface area contributed by atoms with Crippen LogP contribution in [0.25, 0.3) is 0 Å². The number of carbonyl (C=O) groups excluding carboxylic acids is 1. The number of ether oxygens (including phenoxy) is 1. The Labute approximate surface area is 199 Å². The van der Waals surface area contributed by atoms with E-state index in [4.69, 9.17) is 4.74 Å². The van der Waals surface area contributed by atoms with Gasteiger partial charge in [-0.1, -0.05) is 78.4 Å². The summed E-state index contributed by atoms with van der Waals surface area (Å²) in [6.07, 6.45) is 0. The highest BCUT2D eigenvalue weighted by Crippen LogP contribution is 2.30. The summed E-state index contributed by atoms with van der Waals surface area (Å²) in [6, 6.07) is 33.9. The zero-order valence-electron chi connectivity index (χ0n) is 18.8. The second kappa shape index (κ2) is 10.9. The molecule has 4 heteroatoms. The standard InChI is InChI=1S/C29H27NO2S/c1-21-13-16-26(17-14-21)33-20-25-19-24(15-18-27(25)32-2)29(31)30-28(22-9-5-3-6-10-22)23-11-7-4-8-12-23/h3-19,28H,20H2,1-2H3,(H,30,31). The van der Waals surface area contributed by atoms with E-state index < -0.39 is 0 Å². The Morgan fingerprint density at radius 2 is 1.45 bits per heavy atom. The molecular weight excluding hydrogens is 426 g/mol. The topological polar surface area (TPSA) is 38.3 Å². The minimum absolute atomic E-state index is 0.114. The molecule has 0 spiro atoms. The summed E-state index contributed by atoms with van der Waals surface area (Å²) < 4.78 is 5.56. The normalized spacial score (nSPS) is 10.8. The number of aryl methyl sites for hydroxylation is 1. The highest BCUT2D eigenvalue weighted by Gasteiger charge is 2.18. The van der Waals surface area contributed by atoms with Crippen LogP contribution in [0.5, 0.6) is 5.75 Å². The van der Waals surface area contributed by atoms with Crippen molar-refractivity contribution in [2.45, 2.75) is 23.6 Å². The Hall–Kier alpha value is -3.50. The fourth-order valence-electron chi connectivity index (χ4n) is 3.69. The largest absolute Gasteiger partial charge is 0.496 e. The number of methoxy groups -OCH3 is 1. The van der Waals surface area contributed by atoms with E-state index in [-0.39, 0.29) is 11.9 Å². The average molecular weight is 454 g/mol. The van der Waals surface area contributed by atoms with E-state index >= 15 is 0 Å². The number of carbonyl (C=O) groups is 1. The van der Waals surface area contributed by atoms with Crippen LogP contribution in [-0.4, -0.2) is 13.0 Å². The van der Waals surface area contributed by atoms with Gasteiger partial charge in [0, 0.05) is 21.8 Å². The Morgan fingerprint density at radius 3 is 2.03 bits per heavy atom. The highest BCUT2D eigenvalue weighted by atomic mass is 32.2. The van der Waals surface area contributed by atoms with Crippen molar-refractivity contribution in [2.75, 3.05) is 7.11 Å². The van der Waals surface area contributed by atoms with Crippen molar-refractivity contribution in [3.8, 4) is 5.75 Å². The summed E-state index contributed by atoms with van der Waals surface area (Å²) in [6.45, 7) is 2.08. The lowest BCUT2D eigenvalue weighted by Crippen LogP contribution is -2.29. The second-order valence-corrected chi connectivity index (χ2v) is 8.90. The molecule has 0 radical (unpaired) electrons. The van der Waals surface area contributed by atoms with Crippen LogP contribution in [0.15, 0.2) is 108 Å². The first-order chi connectivity index (χ1) is 16.1. The molecular formula is C29H27NO2S. The number of nitrogens with one attached hydrogen (secondary N) is 1. The first-order valence-electron chi connectivity index (χ1n) is 10.9. The van der Waals surface area contributed by atoms with Gasteiger partial charge in [0.25, 0.3) is 5.91 Å². The minimum Gasteiger partial charge on any atom is -0.496 e. The molecule has 4 aromatic rings. The van der Waals surface area contributed by atoms with Gasteiger partial charge in [0.1, 0.15) is 5.75 Å². The summed E-state index contributed by atoms with van der Waals surface area (Å²) in [4.78, 5) is 14.5. The third-order valence-electron chi connectivity index (χ3n) is 5.50. The third kappa shape index (κ3) is 5.85. The van der Waals surface area contributed by atoms with Crippen molar-refractivity contribution in [2.24, 2.45) is 0 Å². The molecule has 1 N–H and O–H groups in total. The van der Waals surface area contributed by atoms with Crippen LogP contribution in [0.1, 0.15) is 38.7 Å². The predicted octanol–water partition coefficient (Wildman–Crippen LogP) is 6.82. The molecule has 3 nitrogen and oxygen atoms in total. The number of hydrogen-bond acceptors (Lipinski definition) is 3. The van der Waals surface area contributed by atoms with Crippen molar-refractivity contribution in [3.05, 3.63) is 131 Å². The van der Waals surface area contributed by atoms with Gasteiger partial charge in [-0.15, -0.1) is 11.8 Å². The molecule has 0 aliphatic carbocycles. The lowest BCUT2D eigenvalue weighted by Gasteiger charge is -2.20. The van der Waals surface area contributed by atoms with Gasteiger partial charge in [-0.05, 0) is 48.4 Å². The molecule has 0 heterocycles. The zero-order valence-corrected chi connectivity index (χ0v) is 19.6. The monoisotopic (exact) mass is 453 g/mol. The zero-order chi connectivity index (χ0) is 23.0. The first kappa shape index (κ1) is 22.7. The van der Waals surface area contributed by atoms with E-state index in [9.17, 15) is 4.79 Å². The molecule has 4 rings (SSSR count). The van der Waals surface area contributed by atoms with Gasteiger partial charge < -0.3 is 10.1 Å². The fourth-order valence-corrected chi connectivity index (χ4v) is 4.57. The molecule has 0 aliphatic heterocycles. The molecule has 0 aromatic heterocycles. The minimum atomic E-state index is -0.229. The van der Waals surface area contributed by atoms with Gasteiger partial charge in [0.2, 0.25) is 0 Å². The Bertz CT molecular complexity index is 1150. The molecule has 1 amide bonds. The van der Waals surface area contributed by atoms with E-state index in [1.54, 1.807) is 18.9 Å². The first-order valence-corrected chi connectivity index (χ1v) is 11.9. The average Bonchev–Trinajstić information content (AvgIpc) is 2.87. The smallest absolute Gasteiger partial charge is 0.252 e. The molecule has 166 valence electrons. The van der Waals surface area contributed by atoms with Crippen LogP contribution in [0.4, 0.5) is 0 Å². The van der Waals surface area contributed by atoms with Crippen LogP contribution >= 0.6 is 11.8 Å². The quantitative estimate of drug-likeness (QED) is 0.298. The van der Waals surface area contributed by atoms with Crippen molar-refractivity contribution >= 4 is 17.7 Å². The second-order valence-electron chi connectivity index (χ2n) is 7.86. The maximum atomic E-state index is 13.3. The number of rotatable bonds is 8. The summed E-state index contributed by atoms with van der Waals surface area (Å²) in [5.74, 6) is 1.39. The summed E-state index contributed by atoms with van der Waals surface area (Å²) in [5.41, 5.74) is 4.93. The van der Waals surface area contributed by atoms with Gasteiger partial charge in [0.05, 0.1) is 13.2 Å². The Morgan fingerprint density at radius 1 is 0.848 bits per heavy atom. The molecule has 0 aliphatic rings. The van der Waals surface area contributed by atoms with Crippen LogP contribution < -0.4 is 10.1 Å². The predicted molar refractivity (Wildman–Crippen MR) is 136 cm³/mol. The molecule has 0 unspecified atom stereocenters. The third-order valence-corrected chi connectivity index (χ3v) is 6.56. The summed E-state index contributed by atoms with van der Waals surface area (Å²) in [7, 11) is 1.66. The van der Waals surface area contributed by atoms with E-state index in [1.807, 2.05) is 78.9 Å². The maximum Gasteiger partial charge on any atom is 0.252 e. The summed E-state index contributed by atoms with van der Waals surface area (Å²) >= 11 is 1.73. The lowest BCUT2D eigenvalue weighted by molar-refractivity contribution is 0.0943. The molecule has 0 atom stereocenters. The molecule has 4 aromatic carbocycles. The summed E-state index contributed by atoms with van der Waals surface area (Å²) in [5, 5.41) is 3.22. The Kier molecular flexibility index (Phi) is 7.48. The van der Waals surface area contributed by atoms with Crippen molar-refractivity contribution in [1.82, 2.24) is 5.32 Å². The van der Waals surface area contributed by atoms with Gasteiger partial charge >= 0.3 is 0 Å².